The molecule has 8 heteroatoms. The van der Waals surface area contributed by atoms with E-state index in [1.165, 1.54) is 0 Å². The second-order valence-electron chi connectivity index (χ2n) is 8.52. The van der Waals surface area contributed by atoms with Crippen LogP contribution in [0.5, 0.6) is 5.75 Å². The molecule has 0 aliphatic carbocycles. The molecule has 8 nitrogen and oxygen atoms in total. The van der Waals surface area contributed by atoms with Crippen LogP contribution >= 0.6 is 0 Å². The number of nitrogens with two attached hydrogens (primary N) is 2. The Labute approximate surface area is 192 Å². The number of nitrogens with zero attached hydrogens (tertiary/aromatic N) is 3. The summed E-state index contributed by atoms with van der Waals surface area (Å²) in [4.78, 5) is 11.8. The maximum Gasteiger partial charge on any atom is 0.142 e. The number of pyridine rings is 2. The number of ether oxygens (including phenoxy) is 2. The smallest absolute Gasteiger partial charge is 0.142 e. The third-order valence-corrected chi connectivity index (χ3v) is 6.51. The van der Waals surface area contributed by atoms with E-state index in [1.54, 1.807) is 13.3 Å². The zero-order valence-electron chi connectivity index (χ0n) is 19.1. The lowest BCUT2D eigenvalue weighted by molar-refractivity contribution is 0.0378. The van der Waals surface area contributed by atoms with Crippen LogP contribution in [0.4, 0.5) is 17.2 Å². The van der Waals surface area contributed by atoms with E-state index in [1.807, 2.05) is 25.1 Å². The van der Waals surface area contributed by atoms with Gasteiger partial charge in [-0.1, -0.05) is 6.07 Å². The number of rotatable bonds is 6. The molecule has 0 radical (unpaired) electrons. The molecule has 0 saturated carbocycles. The molecule has 33 heavy (non-hydrogen) atoms. The molecule has 2 aromatic heterocycles. The largest absolute Gasteiger partial charge is 0.495 e. The second kappa shape index (κ2) is 8.88. The van der Waals surface area contributed by atoms with Gasteiger partial charge >= 0.3 is 0 Å². The molecule has 0 spiro atoms. The van der Waals surface area contributed by atoms with Gasteiger partial charge < -0.3 is 26.3 Å². The van der Waals surface area contributed by atoms with Crippen LogP contribution in [0.15, 0.2) is 30.5 Å². The van der Waals surface area contributed by atoms with E-state index in [0.29, 0.717) is 11.5 Å². The van der Waals surface area contributed by atoms with Crippen LogP contribution < -0.4 is 21.5 Å². The molecule has 2 aromatic carbocycles. The Kier molecular flexibility index (Phi) is 5.78. The van der Waals surface area contributed by atoms with Crippen molar-refractivity contribution in [3.8, 4) is 5.75 Å². The number of morpholine rings is 1. The van der Waals surface area contributed by atoms with E-state index < -0.39 is 0 Å². The molecule has 0 unspecified atom stereocenters. The third kappa shape index (κ3) is 3.96. The Hall–Kier alpha value is -3.36. The van der Waals surface area contributed by atoms with Gasteiger partial charge in [0, 0.05) is 53.1 Å². The van der Waals surface area contributed by atoms with Gasteiger partial charge in [0.25, 0.3) is 0 Å². The van der Waals surface area contributed by atoms with E-state index >= 15 is 0 Å². The molecule has 1 saturated heterocycles. The van der Waals surface area contributed by atoms with E-state index in [0.717, 1.165) is 95.4 Å². The Morgan fingerprint density at radius 3 is 2.73 bits per heavy atom. The molecular weight excluding hydrogens is 416 g/mol. The monoisotopic (exact) mass is 446 g/mol. The number of nitrogen functional groups attached to an aromatic ring is 2. The minimum absolute atomic E-state index is 0.449. The van der Waals surface area contributed by atoms with Crippen molar-refractivity contribution in [1.82, 2.24) is 14.9 Å². The molecular formula is C25H30N6O2. The highest BCUT2D eigenvalue weighted by molar-refractivity contribution is 6.22. The SMILES string of the molecule is COc1cc2c(cc1NCCCN1CCOCC1)ncc1c(N)nc3c(C)c(N)ccc3c12. The summed E-state index contributed by atoms with van der Waals surface area (Å²) < 4.78 is 11.2. The van der Waals surface area contributed by atoms with Gasteiger partial charge in [0.1, 0.15) is 11.6 Å². The van der Waals surface area contributed by atoms with Crippen LogP contribution in [-0.2, 0) is 4.74 Å². The van der Waals surface area contributed by atoms with Crippen LogP contribution in [0.3, 0.4) is 0 Å². The molecule has 0 amide bonds. The highest BCUT2D eigenvalue weighted by Crippen LogP contribution is 2.38. The number of aromatic nitrogens is 2. The van der Waals surface area contributed by atoms with Gasteiger partial charge in [0.05, 0.1) is 37.0 Å². The number of nitrogens with one attached hydrogen (secondary N) is 1. The first-order valence-corrected chi connectivity index (χ1v) is 11.4. The van der Waals surface area contributed by atoms with Crippen molar-refractivity contribution < 1.29 is 9.47 Å². The maximum absolute atomic E-state index is 6.33. The minimum Gasteiger partial charge on any atom is -0.495 e. The number of anilines is 3. The fourth-order valence-electron chi connectivity index (χ4n) is 4.60. The lowest BCUT2D eigenvalue weighted by Crippen LogP contribution is -2.37. The van der Waals surface area contributed by atoms with Crippen molar-refractivity contribution in [2.24, 2.45) is 0 Å². The first-order chi connectivity index (χ1) is 16.1. The zero-order chi connectivity index (χ0) is 22.9. The fourth-order valence-corrected chi connectivity index (χ4v) is 4.60. The van der Waals surface area contributed by atoms with Gasteiger partial charge in [0.2, 0.25) is 0 Å². The molecule has 0 atom stereocenters. The fraction of sp³-hybridized carbons (Fsp3) is 0.360. The van der Waals surface area contributed by atoms with Crippen molar-refractivity contribution in [3.63, 3.8) is 0 Å². The summed E-state index contributed by atoms with van der Waals surface area (Å²) in [5.41, 5.74) is 16.7. The molecule has 1 aliphatic rings. The zero-order valence-corrected chi connectivity index (χ0v) is 19.1. The molecule has 5 rings (SSSR count). The molecule has 5 N–H and O–H groups in total. The van der Waals surface area contributed by atoms with E-state index in [9.17, 15) is 0 Å². The summed E-state index contributed by atoms with van der Waals surface area (Å²) in [6.07, 6.45) is 2.85. The van der Waals surface area contributed by atoms with Crippen molar-refractivity contribution in [2.45, 2.75) is 13.3 Å². The third-order valence-electron chi connectivity index (χ3n) is 6.51. The Morgan fingerprint density at radius 2 is 1.94 bits per heavy atom. The van der Waals surface area contributed by atoms with Crippen LogP contribution in [0.2, 0.25) is 0 Å². The van der Waals surface area contributed by atoms with E-state index in [2.05, 4.69) is 21.3 Å². The quantitative estimate of drug-likeness (QED) is 0.234. The predicted molar refractivity (Wildman–Crippen MR) is 135 cm³/mol. The van der Waals surface area contributed by atoms with Crippen LogP contribution in [0.1, 0.15) is 12.0 Å². The summed E-state index contributed by atoms with van der Waals surface area (Å²) in [5, 5.41) is 7.36. The van der Waals surface area contributed by atoms with Crippen LogP contribution in [0, 0.1) is 6.92 Å². The number of hydrogen-bond acceptors (Lipinski definition) is 8. The first-order valence-electron chi connectivity index (χ1n) is 11.4. The van der Waals surface area contributed by atoms with E-state index in [4.69, 9.17) is 25.9 Å². The summed E-state index contributed by atoms with van der Waals surface area (Å²) >= 11 is 0. The van der Waals surface area contributed by atoms with Crippen molar-refractivity contribution in [3.05, 3.63) is 36.0 Å². The standard InChI is InChI=1S/C25H30N6O2/c1-15-19(26)5-4-16-23-17-12-22(32-2)21(28-6-3-7-31-8-10-33-11-9-31)13-20(17)29-14-18(23)25(27)30-24(15)16/h4-5,12-14,28H,3,6-11,26H2,1-2H3,(H2,27,30). The van der Waals surface area contributed by atoms with Gasteiger partial charge in [0.15, 0.2) is 0 Å². The molecule has 172 valence electrons. The number of methoxy groups -OCH3 is 1. The molecule has 1 aliphatic heterocycles. The average molecular weight is 447 g/mol. The van der Waals surface area contributed by atoms with Crippen molar-refractivity contribution in [2.75, 3.05) is 63.3 Å². The van der Waals surface area contributed by atoms with Gasteiger partial charge in [-0.05, 0) is 43.7 Å². The topological polar surface area (TPSA) is 112 Å². The Bertz CT molecular complexity index is 1330. The highest BCUT2D eigenvalue weighted by Gasteiger charge is 2.16. The lowest BCUT2D eigenvalue weighted by Gasteiger charge is -2.26. The average Bonchev–Trinajstić information content (AvgIpc) is 2.84. The second-order valence-corrected chi connectivity index (χ2v) is 8.52. The normalized spacial score (nSPS) is 14.8. The Balaban J connectivity index is 1.52. The number of fused-ring (bicyclic) bond motifs is 5. The maximum atomic E-state index is 6.33. The number of hydrogen-bond donors (Lipinski definition) is 3. The van der Waals surface area contributed by atoms with Gasteiger partial charge in [-0.25, -0.2) is 4.98 Å². The molecule has 1 fully saturated rings. The molecule has 0 bridgehead atoms. The molecule has 3 heterocycles. The molecule has 4 aromatic rings. The number of benzene rings is 2. The summed E-state index contributed by atoms with van der Waals surface area (Å²) in [6, 6.07) is 8.02. The van der Waals surface area contributed by atoms with Gasteiger partial charge in [-0.3, -0.25) is 9.88 Å². The lowest BCUT2D eigenvalue weighted by atomic mass is 9.99. The highest BCUT2D eigenvalue weighted by atomic mass is 16.5. The summed E-state index contributed by atoms with van der Waals surface area (Å²) in [6.45, 7) is 7.54. The van der Waals surface area contributed by atoms with Crippen LogP contribution in [0.25, 0.3) is 32.6 Å². The first kappa shape index (κ1) is 21.5. The minimum atomic E-state index is 0.449. The summed E-state index contributed by atoms with van der Waals surface area (Å²) in [5.74, 6) is 1.23. The Morgan fingerprint density at radius 1 is 1.12 bits per heavy atom. The summed E-state index contributed by atoms with van der Waals surface area (Å²) in [7, 11) is 1.69. The number of aryl methyl sites for hydroxylation is 1. The van der Waals surface area contributed by atoms with Gasteiger partial charge in [-0.15, -0.1) is 0 Å². The van der Waals surface area contributed by atoms with E-state index in [-0.39, 0.29) is 0 Å². The van der Waals surface area contributed by atoms with Gasteiger partial charge in [-0.2, -0.15) is 0 Å². The van der Waals surface area contributed by atoms with Crippen molar-refractivity contribution in [1.29, 1.82) is 0 Å². The van der Waals surface area contributed by atoms with Crippen LogP contribution in [-0.4, -0.2) is 61.4 Å². The predicted octanol–water partition coefficient (Wildman–Crippen LogP) is 3.55. The van der Waals surface area contributed by atoms with Crippen molar-refractivity contribution >= 4 is 49.8 Å².